The number of non-ortho nitro benzene ring substituents is 1. The van der Waals surface area contributed by atoms with Crippen molar-refractivity contribution in [1.82, 2.24) is 0 Å². The van der Waals surface area contributed by atoms with Crippen LogP contribution in [0.3, 0.4) is 0 Å². The minimum absolute atomic E-state index is 0.132. The lowest BCUT2D eigenvalue weighted by molar-refractivity contribution is -0.922. The molecule has 0 aliphatic carbocycles. The number of methoxy groups -OCH3 is 1. The van der Waals surface area contributed by atoms with Gasteiger partial charge in [-0.1, -0.05) is 0 Å². The second-order valence-electron chi connectivity index (χ2n) is 5.98. The number of quaternary nitrogens is 1. The Kier molecular flexibility index (Phi) is 6.29. The number of nitro benzene ring substituents is 1. The van der Waals surface area contributed by atoms with Crippen LogP contribution in [0, 0.1) is 10.1 Å². The summed E-state index contributed by atoms with van der Waals surface area (Å²) in [6.07, 6.45) is 2.63. The van der Waals surface area contributed by atoms with Gasteiger partial charge in [0.1, 0.15) is 11.8 Å². The molecular formula is C16H21N3O6. The fourth-order valence-electron chi connectivity index (χ4n) is 3.04. The standard InChI is InChI=1S/C16H21N3O6/c1-25-14-6-5-11(19(23)24)9-12(14)17-15(20)10-13(16(21)22)18-7-3-2-4-8-18/h5-6,9,13H,2-4,7-8,10H2,1H3,(H,17,20)(H,21,22)/t13-/m1/s1. The molecule has 0 unspecified atom stereocenters. The molecule has 1 aliphatic rings. The zero-order valence-electron chi connectivity index (χ0n) is 13.9. The number of carboxylic acids is 1. The Labute approximate surface area is 144 Å². The van der Waals surface area contributed by atoms with Crippen LogP contribution in [0.1, 0.15) is 25.7 Å². The highest BCUT2D eigenvalue weighted by molar-refractivity contribution is 5.95. The zero-order chi connectivity index (χ0) is 18.4. The van der Waals surface area contributed by atoms with Gasteiger partial charge in [-0.2, -0.15) is 0 Å². The van der Waals surface area contributed by atoms with Crippen LogP contribution in [0.15, 0.2) is 18.2 Å². The fourth-order valence-corrected chi connectivity index (χ4v) is 3.04. The molecular weight excluding hydrogens is 330 g/mol. The largest absolute Gasteiger partial charge is 0.544 e. The van der Waals surface area contributed by atoms with Crippen LogP contribution in [-0.4, -0.2) is 43.0 Å². The average Bonchev–Trinajstić information content (AvgIpc) is 2.60. The number of carbonyl (C=O) groups excluding carboxylic acids is 2. The number of benzene rings is 1. The van der Waals surface area contributed by atoms with E-state index in [9.17, 15) is 24.8 Å². The van der Waals surface area contributed by atoms with Gasteiger partial charge in [-0.3, -0.25) is 14.9 Å². The van der Waals surface area contributed by atoms with Crippen LogP contribution >= 0.6 is 0 Å². The maximum Gasteiger partial charge on any atom is 0.271 e. The molecule has 0 saturated carbocycles. The van der Waals surface area contributed by atoms with Crippen molar-refractivity contribution < 1.29 is 29.3 Å². The second kappa shape index (κ2) is 8.43. The van der Waals surface area contributed by atoms with Crippen molar-refractivity contribution in [2.45, 2.75) is 31.7 Å². The number of amides is 1. The van der Waals surface area contributed by atoms with E-state index in [1.807, 2.05) is 0 Å². The van der Waals surface area contributed by atoms with E-state index in [-0.39, 0.29) is 23.5 Å². The molecule has 136 valence electrons. The molecule has 1 heterocycles. The molecule has 1 fully saturated rings. The second-order valence-corrected chi connectivity index (χ2v) is 5.98. The van der Waals surface area contributed by atoms with Crippen LogP contribution in [0.4, 0.5) is 11.4 Å². The summed E-state index contributed by atoms with van der Waals surface area (Å²) in [5.74, 6) is -1.56. The first kappa shape index (κ1) is 18.7. The van der Waals surface area contributed by atoms with Crippen molar-refractivity contribution in [3.8, 4) is 5.75 Å². The van der Waals surface area contributed by atoms with Crippen molar-refractivity contribution in [3.63, 3.8) is 0 Å². The molecule has 2 N–H and O–H groups in total. The summed E-state index contributed by atoms with van der Waals surface area (Å²) in [5.41, 5.74) is -0.0679. The molecule has 1 atom stereocenters. The van der Waals surface area contributed by atoms with Crippen molar-refractivity contribution in [3.05, 3.63) is 28.3 Å². The molecule has 0 bridgehead atoms. The lowest BCUT2D eigenvalue weighted by Gasteiger charge is -2.31. The van der Waals surface area contributed by atoms with Crippen molar-refractivity contribution in [1.29, 1.82) is 0 Å². The Bertz CT molecular complexity index is 657. The number of ether oxygens (including phenoxy) is 1. The number of aliphatic carboxylic acids is 1. The number of rotatable bonds is 7. The Balaban J connectivity index is 2.10. The molecule has 0 aromatic heterocycles. The minimum atomic E-state index is -1.27. The first-order valence-corrected chi connectivity index (χ1v) is 8.10. The van der Waals surface area contributed by atoms with Gasteiger partial charge in [-0.25, -0.2) is 0 Å². The molecule has 1 saturated heterocycles. The molecule has 1 amide bonds. The van der Waals surface area contributed by atoms with Gasteiger partial charge in [0, 0.05) is 12.1 Å². The number of nitrogens with zero attached hydrogens (tertiary/aromatic N) is 1. The van der Waals surface area contributed by atoms with Gasteiger partial charge in [0.25, 0.3) is 5.69 Å². The van der Waals surface area contributed by atoms with Crippen molar-refractivity contribution in [2.24, 2.45) is 0 Å². The average molecular weight is 351 g/mol. The van der Waals surface area contributed by atoms with Gasteiger partial charge in [-0.05, 0) is 25.3 Å². The van der Waals surface area contributed by atoms with Gasteiger partial charge in [0.05, 0.1) is 43.2 Å². The van der Waals surface area contributed by atoms with Crippen LogP contribution in [-0.2, 0) is 9.59 Å². The summed E-state index contributed by atoms with van der Waals surface area (Å²) < 4.78 is 5.08. The maximum absolute atomic E-state index is 12.3. The summed E-state index contributed by atoms with van der Waals surface area (Å²) in [7, 11) is 1.37. The molecule has 2 rings (SSSR count). The third-order valence-electron chi connectivity index (χ3n) is 4.33. The van der Waals surface area contributed by atoms with Gasteiger partial charge >= 0.3 is 0 Å². The van der Waals surface area contributed by atoms with E-state index in [2.05, 4.69) is 5.32 Å². The van der Waals surface area contributed by atoms with Gasteiger partial charge in [0.15, 0.2) is 0 Å². The minimum Gasteiger partial charge on any atom is -0.544 e. The number of nitro groups is 1. The Morgan fingerprint density at radius 2 is 2.00 bits per heavy atom. The molecule has 9 heteroatoms. The van der Waals surface area contributed by atoms with Gasteiger partial charge < -0.3 is 24.9 Å². The Morgan fingerprint density at radius 1 is 1.32 bits per heavy atom. The third kappa shape index (κ3) is 4.90. The highest BCUT2D eigenvalue weighted by Crippen LogP contribution is 2.28. The number of piperidine rings is 1. The summed E-state index contributed by atoms with van der Waals surface area (Å²) in [6, 6.07) is 2.87. The van der Waals surface area contributed by atoms with E-state index >= 15 is 0 Å². The predicted molar refractivity (Wildman–Crippen MR) is 86.2 cm³/mol. The van der Waals surface area contributed by atoms with E-state index in [0.717, 1.165) is 24.2 Å². The van der Waals surface area contributed by atoms with E-state index in [4.69, 9.17) is 4.74 Å². The highest BCUT2D eigenvalue weighted by Gasteiger charge is 2.28. The summed E-state index contributed by atoms with van der Waals surface area (Å²) in [5, 5.41) is 24.8. The number of hydrogen-bond acceptors (Lipinski definition) is 6. The first-order chi connectivity index (χ1) is 11.9. The lowest BCUT2D eigenvalue weighted by Crippen LogP contribution is -3.18. The normalized spacial score (nSPS) is 16.0. The van der Waals surface area contributed by atoms with E-state index < -0.39 is 22.8 Å². The molecule has 25 heavy (non-hydrogen) atoms. The summed E-state index contributed by atoms with van der Waals surface area (Å²) in [4.78, 5) is 34.8. The number of carbonyl (C=O) groups is 2. The zero-order valence-corrected chi connectivity index (χ0v) is 13.9. The predicted octanol–water partition coefficient (Wildman–Crippen LogP) is -0.881. The van der Waals surface area contributed by atoms with Gasteiger partial charge in [-0.15, -0.1) is 0 Å². The number of likely N-dealkylation sites (tertiary alicyclic amines) is 1. The van der Waals surface area contributed by atoms with Crippen molar-refractivity contribution in [2.75, 3.05) is 25.5 Å². The summed E-state index contributed by atoms with van der Waals surface area (Å²) in [6.45, 7) is 1.37. The number of carboxylic acid groups (broad SMARTS) is 1. The quantitative estimate of drug-likeness (QED) is 0.485. The number of hydrogen-bond donors (Lipinski definition) is 2. The topological polar surface area (TPSA) is 126 Å². The Morgan fingerprint density at radius 3 is 2.56 bits per heavy atom. The summed E-state index contributed by atoms with van der Waals surface area (Å²) >= 11 is 0. The van der Waals surface area contributed by atoms with Crippen molar-refractivity contribution >= 4 is 23.3 Å². The Hall–Kier alpha value is -2.68. The van der Waals surface area contributed by atoms with Gasteiger partial charge in [0.2, 0.25) is 5.91 Å². The smallest absolute Gasteiger partial charge is 0.271 e. The van der Waals surface area contributed by atoms with E-state index in [0.29, 0.717) is 13.1 Å². The third-order valence-corrected chi connectivity index (χ3v) is 4.33. The van der Waals surface area contributed by atoms with Crippen LogP contribution in [0.25, 0.3) is 0 Å². The van der Waals surface area contributed by atoms with E-state index in [1.54, 1.807) is 0 Å². The number of nitrogens with one attached hydrogen (secondary N) is 2. The molecule has 0 spiro atoms. The van der Waals surface area contributed by atoms with E-state index in [1.165, 1.54) is 25.3 Å². The molecule has 0 radical (unpaired) electrons. The first-order valence-electron chi connectivity index (χ1n) is 8.10. The van der Waals surface area contributed by atoms with Crippen LogP contribution in [0.5, 0.6) is 5.75 Å². The maximum atomic E-state index is 12.3. The molecule has 1 aliphatic heterocycles. The molecule has 1 aromatic carbocycles. The SMILES string of the molecule is COc1ccc([N+](=O)[O-])cc1NC(=O)C[C@H](C(=O)[O-])[NH+]1CCCCC1. The monoisotopic (exact) mass is 351 g/mol. The van der Waals surface area contributed by atoms with Crippen LogP contribution < -0.4 is 20.1 Å². The van der Waals surface area contributed by atoms with Crippen LogP contribution in [0.2, 0.25) is 0 Å². The lowest BCUT2D eigenvalue weighted by atomic mass is 10.1. The molecule has 1 aromatic rings. The number of anilines is 1. The highest BCUT2D eigenvalue weighted by atomic mass is 16.6. The fraction of sp³-hybridized carbons (Fsp3) is 0.500. The molecule has 9 nitrogen and oxygen atoms in total.